The normalized spacial score (nSPS) is 31.4. The Kier molecular flexibility index (Phi) is 5.16. The molecule has 196 valence electrons. The number of aliphatic hydroxyl groups excluding tert-OH is 4. The maximum absolute atomic E-state index is 13.6. The van der Waals surface area contributed by atoms with E-state index in [1.165, 1.54) is 7.05 Å². The summed E-state index contributed by atoms with van der Waals surface area (Å²) in [5.74, 6) is -0.852. The molecule has 0 saturated carbocycles. The van der Waals surface area contributed by atoms with Crippen LogP contribution in [0.5, 0.6) is 0 Å². The lowest BCUT2D eigenvalue weighted by molar-refractivity contribution is -0.229. The number of imide groups is 1. The Balaban J connectivity index is 1.59. The maximum atomic E-state index is 13.6. The number of allylic oxidation sites excluding steroid dienone is 3. The lowest BCUT2D eigenvalue weighted by Crippen LogP contribution is -2.64. The van der Waals surface area contributed by atoms with Crippen molar-refractivity contribution in [2.45, 2.75) is 43.2 Å². The number of dihydropyridines is 1. The van der Waals surface area contributed by atoms with Crippen LogP contribution >= 0.6 is 15.9 Å². The number of carbonyl (C=O) groups excluding carboxylic acids is 2. The van der Waals surface area contributed by atoms with Gasteiger partial charge in [-0.05, 0) is 28.3 Å². The number of benzene rings is 1. The number of halogens is 1. The summed E-state index contributed by atoms with van der Waals surface area (Å²) >= 11 is 3.55. The summed E-state index contributed by atoms with van der Waals surface area (Å²) in [6.07, 6.45) is 1.56. The van der Waals surface area contributed by atoms with Crippen molar-refractivity contribution in [3.63, 3.8) is 0 Å². The van der Waals surface area contributed by atoms with Crippen LogP contribution in [-0.4, -0.2) is 98.8 Å². The van der Waals surface area contributed by atoms with Crippen molar-refractivity contribution in [3.05, 3.63) is 50.0 Å². The molecule has 1 unspecified atom stereocenters. The number of amides is 2. The molecule has 11 nitrogen and oxygen atoms in total. The number of fused-ring (bicyclic) bond motifs is 9. The molecule has 0 spiro atoms. The minimum Gasteiger partial charge on any atom is -0.394 e. The van der Waals surface area contributed by atoms with E-state index in [4.69, 9.17) is 4.74 Å². The zero-order valence-corrected chi connectivity index (χ0v) is 21.6. The summed E-state index contributed by atoms with van der Waals surface area (Å²) in [5.41, 5.74) is 3.09. The van der Waals surface area contributed by atoms with Gasteiger partial charge in [0.15, 0.2) is 6.23 Å². The van der Waals surface area contributed by atoms with E-state index in [1.807, 2.05) is 12.2 Å². The van der Waals surface area contributed by atoms with Gasteiger partial charge in [0.25, 0.3) is 11.8 Å². The number of hydrogen-bond donors (Lipinski definition) is 5. The Labute approximate surface area is 223 Å². The second-order valence-electron chi connectivity index (χ2n) is 9.98. The highest BCUT2D eigenvalue weighted by Crippen LogP contribution is 2.43. The third-order valence-electron chi connectivity index (χ3n) is 7.99. The standard InChI is InChI=1S/C26H23BrN4O7/c1-30-24(36)16-14-11-7-9(27)4-5-12(11)29-18(14)19-15(17(16)25(30)37)10-3-2-6-28-23(10)31(19)26-22(35)21(34)20(33)13(8-32)38-26/h2-6,13,20-23,26,29,32-35H,7-8H2,1H3/t13-,20-,21+,22-,23?,26-/m1/s1. The SMILES string of the molecule is CN1C(=O)c2c(c3c4c([nH]c3c3c2=C2C=CC=NC2N3[C@@H]2O[C@H](CO)[C@@H](O)[C@H](O)[C@H]2O)=CC=C(Br)C4)C1=O. The van der Waals surface area contributed by atoms with E-state index in [-0.39, 0.29) is 5.56 Å². The molecule has 4 aliphatic heterocycles. The quantitative estimate of drug-likeness (QED) is 0.275. The first kappa shape index (κ1) is 23.9. The first-order valence-electron chi connectivity index (χ1n) is 12.2. The summed E-state index contributed by atoms with van der Waals surface area (Å²) in [7, 11) is 1.45. The number of nitrogens with one attached hydrogen (secondary N) is 1. The summed E-state index contributed by atoms with van der Waals surface area (Å²) in [4.78, 5) is 37.8. The van der Waals surface area contributed by atoms with Gasteiger partial charge in [-0.3, -0.25) is 19.5 Å². The first-order chi connectivity index (χ1) is 18.2. The molecule has 5 aliphatic rings. The molecule has 0 bridgehead atoms. The van der Waals surface area contributed by atoms with Crippen LogP contribution in [0.1, 0.15) is 26.3 Å². The number of nitrogens with zero attached hydrogens (tertiary/aromatic N) is 3. The maximum Gasteiger partial charge on any atom is 0.262 e. The van der Waals surface area contributed by atoms with Crippen molar-refractivity contribution in [1.29, 1.82) is 0 Å². The van der Waals surface area contributed by atoms with Crippen molar-refractivity contribution in [2.75, 3.05) is 18.6 Å². The van der Waals surface area contributed by atoms with Crippen LogP contribution < -0.4 is 15.5 Å². The van der Waals surface area contributed by atoms with Crippen LogP contribution in [0, 0.1) is 0 Å². The highest BCUT2D eigenvalue weighted by molar-refractivity contribution is 9.11. The Hall–Kier alpha value is -3.13. The molecule has 2 amide bonds. The number of aliphatic imine (C=N–C) groups is 1. The first-order valence-corrected chi connectivity index (χ1v) is 13.0. The number of ether oxygens (including phenoxy) is 1. The van der Waals surface area contributed by atoms with E-state index in [1.54, 1.807) is 23.3 Å². The smallest absolute Gasteiger partial charge is 0.262 e. The lowest BCUT2D eigenvalue weighted by Gasteiger charge is -2.46. The predicted molar refractivity (Wildman–Crippen MR) is 140 cm³/mol. The molecule has 2 aromatic rings. The molecule has 38 heavy (non-hydrogen) atoms. The Morgan fingerprint density at radius 1 is 1.13 bits per heavy atom. The number of rotatable bonds is 2. The molecule has 1 aliphatic carbocycles. The monoisotopic (exact) mass is 582 g/mol. The molecule has 5 heterocycles. The minimum absolute atomic E-state index is 0.251. The number of aromatic amines is 1. The van der Waals surface area contributed by atoms with Crippen LogP contribution in [0.25, 0.3) is 22.6 Å². The number of aromatic nitrogens is 1. The van der Waals surface area contributed by atoms with Gasteiger partial charge in [-0.15, -0.1) is 0 Å². The minimum atomic E-state index is -1.61. The van der Waals surface area contributed by atoms with Gasteiger partial charge >= 0.3 is 0 Å². The van der Waals surface area contributed by atoms with Gasteiger partial charge in [0.2, 0.25) is 0 Å². The molecule has 5 N–H and O–H groups in total. The van der Waals surface area contributed by atoms with Crippen molar-refractivity contribution >= 4 is 62.2 Å². The number of carbonyl (C=O) groups is 2. The highest BCUT2D eigenvalue weighted by Gasteiger charge is 2.52. The second-order valence-corrected chi connectivity index (χ2v) is 11.0. The topological polar surface area (TPSA) is 159 Å². The van der Waals surface area contributed by atoms with Gasteiger partial charge in [0, 0.05) is 41.2 Å². The van der Waals surface area contributed by atoms with Gasteiger partial charge in [0.1, 0.15) is 30.6 Å². The highest BCUT2D eigenvalue weighted by atomic mass is 79.9. The van der Waals surface area contributed by atoms with Gasteiger partial charge in [0.05, 0.1) is 28.9 Å². The zero-order valence-electron chi connectivity index (χ0n) is 20.0. The fraction of sp³-hybridized carbons (Fsp3) is 0.346. The van der Waals surface area contributed by atoms with E-state index >= 15 is 0 Å². The lowest BCUT2D eigenvalue weighted by atomic mass is 9.94. The molecule has 0 radical (unpaired) electrons. The Bertz CT molecular complexity index is 1670. The summed E-state index contributed by atoms with van der Waals surface area (Å²) in [5, 5.41) is 43.8. The molecular weight excluding hydrogens is 560 g/mol. The summed E-state index contributed by atoms with van der Waals surface area (Å²) < 4.78 is 6.89. The van der Waals surface area contributed by atoms with Crippen molar-refractivity contribution < 1.29 is 34.8 Å². The predicted octanol–water partition coefficient (Wildman–Crippen LogP) is -1.25. The van der Waals surface area contributed by atoms with E-state index in [0.29, 0.717) is 39.4 Å². The van der Waals surface area contributed by atoms with Gasteiger partial charge in [-0.2, -0.15) is 0 Å². The van der Waals surface area contributed by atoms with Crippen LogP contribution in [-0.2, 0) is 11.2 Å². The van der Waals surface area contributed by atoms with Crippen LogP contribution in [0.3, 0.4) is 0 Å². The van der Waals surface area contributed by atoms with Gasteiger partial charge in [-0.1, -0.05) is 22.0 Å². The number of hydrogen-bond acceptors (Lipinski definition) is 9. The molecule has 1 aromatic carbocycles. The number of H-pyrrole nitrogens is 1. The van der Waals surface area contributed by atoms with E-state index in [2.05, 4.69) is 25.9 Å². The Morgan fingerprint density at radius 2 is 1.89 bits per heavy atom. The largest absolute Gasteiger partial charge is 0.394 e. The van der Waals surface area contributed by atoms with Crippen molar-refractivity contribution in [2.24, 2.45) is 4.99 Å². The third-order valence-corrected chi connectivity index (χ3v) is 8.54. The third kappa shape index (κ3) is 2.92. The molecule has 1 aromatic heterocycles. The molecule has 1 fully saturated rings. The van der Waals surface area contributed by atoms with E-state index < -0.39 is 55.2 Å². The molecule has 7 rings (SSSR count). The Morgan fingerprint density at radius 3 is 2.66 bits per heavy atom. The summed E-state index contributed by atoms with van der Waals surface area (Å²) in [6, 6.07) is 0. The molecular formula is C26H23BrN4O7. The molecule has 6 atom stereocenters. The molecule has 1 saturated heterocycles. The number of aliphatic hydroxyl groups is 4. The van der Waals surface area contributed by atoms with Gasteiger partial charge < -0.3 is 35.0 Å². The second kappa shape index (κ2) is 8.18. The van der Waals surface area contributed by atoms with E-state index in [9.17, 15) is 30.0 Å². The van der Waals surface area contributed by atoms with Crippen molar-refractivity contribution in [3.8, 4) is 0 Å². The van der Waals surface area contributed by atoms with Crippen LogP contribution in [0.2, 0.25) is 0 Å². The average Bonchev–Trinajstić information content (AvgIpc) is 3.52. The average molecular weight is 583 g/mol. The van der Waals surface area contributed by atoms with Crippen LogP contribution in [0.15, 0.2) is 27.7 Å². The van der Waals surface area contributed by atoms with E-state index in [0.717, 1.165) is 20.3 Å². The van der Waals surface area contributed by atoms with Crippen molar-refractivity contribution in [1.82, 2.24) is 9.88 Å². The molecule has 12 heteroatoms. The van der Waals surface area contributed by atoms with Crippen LogP contribution in [0.4, 0.5) is 5.69 Å². The fourth-order valence-corrected chi connectivity index (χ4v) is 6.62. The fourth-order valence-electron chi connectivity index (χ4n) is 6.21. The summed E-state index contributed by atoms with van der Waals surface area (Å²) in [6.45, 7) is -0.588. The van der Waals surface area contributed by atoms with Gasteiger partial charge in [-0.25, -0.2) is 0 Å². The number of anilines is 1. The zero-order chi connectivity index (χ0) is 26.6.